The molecule has 2 aromatic carbocycles. The second-order valence-corrected chi connectivity index (χ2v) is 6.25. The summed E-state index contributed by atoms with van der Waals surface area (Å²) in [7, 11) is 3.21. The van der Waals surface area contributed by atoms with Crippen molar-refractivity contribution in [2.24, 2.45) is 0 Å². The number of hydrogen-bond acceptors (Lipinski definition) is 3. The highest BCUT2D eigenvalue weighted by atomic mass is 19.1. The first kappa shape index (κ1) is 17.3. The lowest BCUT2D eigenvalue weighted by atomic mass is 9.94. The van der Waals surface area contributed by atoms with Crippen molar-refractivity contribution in [3.05, 3.63) is 59.4 Å². The fourth-order valence-corrected chi connectivity index (χ4v) is 3.13. The van der Waals surface area contributed by atoms with Gasteiger partial charge in [-0.05, 0) is 37.0 Å². The van der Waals surface area contributed by atoms with Crippen LogP contribution in [0.3, 0.4) is 0 Å². The van der Waals surface area contributed by atoms with E-state index in [0.717, 1.165) is 17.1 Å². The summed E-state index contributed by atoms with van der Waals surface area (Å²) in [5, 5.41) is 2.95. The quantitative estimate of drug-likeness (QED) is 0.840. The second kappa shape index (κ2) is 7.13. The van der Waals surface area contributed by atoms with Crippen molar-refractivity contribution in [3.8, 4) is 11.5 Å². The van der Waals surface area contributed by atoms with Gasteiger partial charge in [0, 0.05) is 18.2 Å². The van der Waals surface area contributed by atoms with E-state index in [1.165, 1.54) is 6.07 Å². The van der Waals surface area contributed by atoms with Crippen LogP contribution in [0.2, 0.25) is 0 Å². The Hall–Kier alpha value is -2.56. The predicted octanol–water partition coefficient (Wildman–Crippen LogP) is 3.23. The molecule has 0 radical (unpaired) electrons. The van der Waals surface area contributed by atoms with E-state index in [-0.39, 0.29) is 11.7 Å². The number of benzene rings is 2. The summed E-state index contributed by atoms with van der Waals surface area (Å²) in [6, 6.07) is 12.1. The van der Waals surface area contributed by atoms with E-state index < -0.39 is 5.41 Å². The van der Waals surface area contributed by atoms with Crippen molar-refractivity contribution < 1.29 is 18.7 Å². The Bertz CT molecular complexity index is 771. The van der Waals surface area contributed by atoms with E-state index in [1.54, 1.807) is 32.4 Å². The summed E-state index contributed by atoms with van der Waals surface area (Å²) in [4.78, 5) is 12.6. The molecule has 0 aromatic heterocycles. The first-order chi connectivity index (χ1) is 12.1. The lowest BCUT2D eigenvalue weighted by Gasteiger charge is -2.17. The molecule has 1 aliphatic rings. The Labute approximate surface area is 147 Å². The summed E-state index contributed by atoms with van der Waals surface area (Å²) in [6.07, 6.45) is 2.00. The van der Waals surface area contributed by atoms with Gasteiger partial charge in [0.25, 0.3) is 0 Å². The Balaban J connectivity index is 1.63. The molecule has 5 heteroatoms. The van der Waals surface area contributed by atoms with Crippen LogP contribution < -0.4 is 14.8 Å². The van der Waals surface area contributed by atoms with E-state index in [1.807, 2.05) is 18.2 Å². The zero-order valence-electron chi connectivity index (χ0n) is 14.5. The molecular formula is C20H22FNO3. The number of methoxy groups -OCH3 is 2. The molecule has 3 rings (SSSR count). The maximum Gasteiger partial charge on any atom is 0.230 e. The van der Waals surface area contributed by atoms with Crippen LogP contribution in [0.1, 0.15) is 24.0 Å². The van der Waals surface area contributed by atoms with Crippen LogP contribution in [0, 0.1) is 5.82 Å². The highest BCUT2D eigenvalue weighted by Crippen LogP contribution is 2.49. The third-order valence-corrected chi connectivity index (χ3v) is 4.75. The fraction of sp³-hybridized carbons (Fsp3) is 0.350. The van der Waals surface area contributed by atoms with Crippen molar-refractivity contribution in [1.29, 1.82) is 0 Å². The van der Waals surface area contributed by atoms with Crippen LogP contribution in [-0.4, -0.2) is 26.7 Å². The van der Waals surface area contributed by atoms with E-state index in [4.69, 9.17) is 9.47 Å². The molecule has 0 aliphatic heterocycles. The second-order valence-electron chi connectivity index (χ2n) is 6.25. The van der Waals surface area contributed by atoms with Gasteiger partial charge in [0.05, 0.1) is 19.6 Å². The molecular weight excluding hydrogens is 321 g/mol. The molecule has 2 aromatic rings. The van der Waals surface area contributed by atoms with Gasteiger partial charge < -0.3 is 14.8 Å². The van der Waals surface area contributed by atoms with E-state index in [0.29, 0.717) is 31.4 Å². The zero-order chi connectivity index (χ0) is 17.9. The molecule has 132 valence electrons. The Kier molecular flexibility index (Phi) is 4.93. The first-order valence-corrected chi connectivity index (χ1v) is 8.35. The van der Waals surface area contributed by atoms with E-state index in [9.17, 15) is 9.18 Å². The van der Waals surface area contributed by atoms with Gasteiger partial charge >= 0.3 is 0 Å². The summed E-state index contributed by atoms with van der Waals surface area (Å²) in [6.45, 7) is 0.470. The van der Waals surface area contributed by atoms with Gasteiger partial charge in [0.2, 0.25) is 5.91 Å². The van der Waals surface area contributed by atoms with Crippen molar-refractivity contribution in [3.63, 3.8) is 0 Å². The van der Waals surface area contributed by atoms with Gasteiger partial charge in [-0.2, -0.15) is 0 Å². The highest BCUT2D eigenvalue weighted by Gasteiger charge is 2.52. The summed E-state index contributed by atoms with van der Waals surface area (Å²) >= 11 is 0. The summed E-state index contributed by atoms with van der Waals surface area (Å²) in [5.41, 5.74) is 0.781. The van der Waals surface area contributed by atoms with Gasteiger partial charge in [0.15, 0.2) is 0 Å². The lowest BCUT2D eigenvalue weighted by molar-refractivity contribution is -0.123. The highest BCUT2D eigenvalue weighted by molar-refractivity contribution is 5.91. The van der Waals surface area contributed by atoms with E-state index >= 15 is 0 Å². The molecule has 1 amide bonds. The normalized spacial score (nSPS) is 14.7. The standard InChI is InChI=1S/C20H22FNO3/c1-24-15-8-7-14(18(13-15)25-2)9-12-22-19(23)20(10-11-20)16-5-3-4-6-17(16)21/h3-8,13H,9-12H2,1-2H3,(H,22,23). The van der Waals surface area contributed by atoms with Crippen molar-refractivity contribution in [2.75, 3.05) is 20.8 Å². The number of ether oxygens (including phenoxy) is 2. The van der Waals surface area contributed by atoms with Crippen LogP contribution in [0.4, 0.5) is 4.39 Å². The van der Waals surface area contributed by atoms with Gasteiger partial charge in [-0.1, -0.05) is 24.3 Å². The summed E-state index contributed by atoms with van der Waals surface area (Å²) in [5.74, 6) is 1.03. The van der Waals surface area contributed by atoms with Crippen LogP contribution in [-0.2, 0) is 16.6 Å². The largest absolute Gasteiger partial charge is 0.497 e. The molecule has 0 saturated heterocycles. The van der Waals surface area contributed by atoms with Crippen LogP contribution in [0.5, 0.6) is 11.5 Å². The number of hydrogen-bond donors (Lipinski definition) is 1. The Morgan fingerprint density at radius 1 is 1.16 bits per heavy atom. The maximum atomic E-state index is 14.0. The summed E-state index contributed by atoms with van der Waals surface area (Å²) < 4.78 is 24.6. The number of rotatable bonds is 7. The molecule has 25 heavy (non-hydrogen) atoms. The molecule has 0 heterocycles. The number of halogens is 1. The third kappa shape index (κ3) is 3.45. The predicted molar refractivity (Wildman–Crippen MR) is 93.6 cm³/mol. The van der Waals surface area contributed by atoms with Crippen molar-refractivity contribution >= 4 is 5.91 Å². The zero-order valence-corrected chi connectivity index (χ0v) is 14.5. The maximum absolute atomic E-state index is 14.0. The Morgan fingerprint density at radius 2 is 1.92 bits per heavy atom. The fourth-order valence-electron chi connectivity index (χ4n) is 3.13. The number of nitrogens with one attached hydrogen (secondary N) is 1. The molecule has 1 saturated carbocycles. The minimum atomic E-state index is -0.699. The topological polar surface area (TPSA) is 47.6 Å². The SMILES string of the molecule is COc1ccc(CCNC(=O)C2(c3ccccc3F)CC2)c(OC)c1. The molecule has 0 bridgehead atoms. The average Bonchev–Trinajstić information content (AvgIpc) is 3.44. The monoisotopic (exact) mass is 343 g/mol. The average molecular weight is 343 g/mol. The lowest BCUT2D eigenvalue weighted by Crippen LogP contribution is -2.36. The molecule has 1 fully saturated rings. The number of carbonyl (C=O) groups excluding carboxylic acids is 1. The smallest absolute Gasteiger partial charge is 0.230 e. The van der Waals surface area contributed by atoms with Crippen LogP contribution in [0.25, 0.3) is 0 Å². The van der Waals surface area contributed by atoms with Gasteiger partial charge in [-0.3, -0.25) is 4.79 Å². The molecule has 4 nitrogen and oxygen atoms in total. The van der Waals surface area contributed by atoms with Crippen LogP contribution >= 0.6 is 0 Å². The Morgan fingerprint density at radius 3 is 2.56 bits per heavy atom. The molecule has 0 unspecified atom stereocenters. The third-order valence-electron chi connectivity index (χ3n) is 4.75. The van der Waals surface area contributed by atoms with Crippen molar-refractivity contribution in [2.45, 2.75) is 24.7 Å². The molecule has 1 N–H and O–H groups in total. The van der Waals surface area contributed by atoms with Gasteiger partial charge in [0.1, 0.15) is 17.3 Å². The van der Waals surface area contributed by atoms with Crippen LogP contribution in [0.15, 0.2) is 42.5 Å². The minimum Gasteiger partial charge on any atom is -0.497 e. The van der Waals surface area contributed by atoms with Gasteiger partial charge in [-0.25, -0.2) is 4.39 Å². The minimum absolute atomic E-state index is 0.106. The molecule has 0 atom stereocenters. The number of carbonyl (C=O) groups is 1. The molecule has 1 aliphatic carbocycles. The number of amides is 1. The van der Waals surface area contributed by atoms with E-state index in [2.05, 4.69) is 5.32 Å². The van der Waals surface area contributed by atoms with Gasteiger partial charge in [-0.15, -0.1) is 0 Å². The first-order valence-electron chi connectivity index (χ1n) is 8.35. The molecule has 0 spiro atoms. The van der Waals surface area contributed by atoms with Crippen molar-refractivity contribution in [1.82, 2.24) is 5.32 Å².